The first kappa shape index (κ1) is 14.7. The zero-order chi connectivity index (χ0) is 13.9. The number of rotatable bonds is 3. The van der Waals surface area contributed by atoms with Crippen LogP contribution in [-0.4, -0.2) is 19.6 Å². The molecule has 0 saturated carbocycles. The number of amides is 1. The monoisotopic (exact) mass is 331 g/mol. The lowest BCUT2D eigenvalue weighted by Crippen LogP contribution is -2.14. The lowest BCUT2D eigenvalue weighted by molar-refractivity contribution is 0.0999. The molecule has 0 atom stereocenters. The van der Waals surface area contributed by atoms with Gasteiger partial charge in [0.25, 0.3) is 0 Å². The molecule has 0 aliphatic carbocycles. The Kier molecular flexibility index (Phi) is 4.50. The second-order valence-corrected chi connectivity index (χ2v) is 7.09. The van der Waals surface area contributed by atoms with Gasteiger partial charge < -0.3 is 0 Å². The van der Waals surface area contributed by atoms with Crippen molar-refractivity contribution in [2.75, 3.05) is 0 Å². The molecule has 96 valence electrons. The van der Waals surface area contributed by atoms with E-state index in [1.165, 1.54) is 18.2 Å². The standard InChI is InChI=1S/C10H10BrN3O3S/c1-6(2)18(16,17)7-3-4-9(11)8(5-7)10(15)13-14-12/h3-6H,1-2H3. The third kappa shape index (κ3) is 2.90. The van der Waals surface area contributed by atoms with Crippen LogP contribution in [0.25, 0.3) is 10.4 Å². The van der Waals surface area contributed by atoms with Gasteiger partial charge in [-0.05, 0) is 42.7 Å². The number of hydrogen-bond acceptors (Lipinski definition) is 3. The maximum atomic E-state index is 11.9. The molecule has 0 aliphatic rings. The molecule has 0 fully saturated rings. The highest BCUT2D eigenvalue weighted by Gasteiger charge is 2.21. The van der Waals surface area contributed by atoms with Gasteiger partial charge in [-0.25, -0.2) is 8.42 Å². The molecule has 1 amide bonds. The second-order valence-electron chi connectivity index (χ2n) is 3.73. The fourth-order valence-corrected chi connectivity index (χ4v) is 2.71. The number of halogens is 1. The summed E-state index contributed by atoms with van der Waals surface area (Å²) in [5.74, 6) is -0.829. The molecule has 1 aromatic carbocycles. The van der Waals surface area contributed by atoms with Crippen molar-refractivity contribution >= 4 is 31.7 Å². The van der Waals surface area contributed by atoms with Crippen LogP contribution >= 0.6 is 15.9 Å². The van der Waals surface area contributed by atoms with E-state index in [-0.39, 0.29) is 10.5 Å². The number of carbonyl (C=O) groups is 1. The highest BCUT2D eigenvalue weighted by Crippen LogP contribution is 2.24. The van der Waals surface area contributed by atoms with E-state index in [1.54, 1.807) is 13.8 Å². The number of benzene rings is 1. The third-order valence-corrected chi connectivity index (χ3v) is 5.10. The predicted octanol–water partition coefficient (Wildman–Crippen LogP) is 3.08. The van der Waals surface area contributed by atoms with Crippen molar-refractivity contribution in [1.29, 1.82) is 0 Å². The topological polar surface area (TPSA) is 100.0 Å². The molecule has 0 N–H and O–H groups in total. The summed E-state index contributed by atoms with van der Waals surface area (Å²) in [6.07, 6.45) is 0. The molecular weight excluding hydrogens is 322 g/mol. The minimum absolute atomic E-state index is 0.0227. The van der Waals surface area contributed by atoms with Crippen LogP contribution in [0.15, 0.2) is 32.7 Å². The molecule has 0 aliphatic heterocycles. The first-order valence-corrected chi connectivity index (χ1v) is 7.27. The molecule has 0 saturated heterocycles. The normalized spacial score (nSPS) is 11.1. The second kappa shape index (κ2) is 5.51. The van der Waals surface area contributed by atoms with Gasteiger partial charge in [0.2, 0.25) is 5.91 Å². The van der Waals surface area contributed by atoms with Crippen molar-refractivity contribution < 1.29 is 13.2 Å². The molecule has 0 spiro atoms. The van der Waals surface area contributed by atoms with Crippen molar-refractivity contribution in [2.24, 2.45) is 5.11 Å². The highest BCUT2D eigenvalue weighted by atomic mass is 79.9. The van der Waals surface area contributed by atoms with Crippen LogP contribution in [0.2, 0.25) is 0 Å². The van der Waals surface area contributed by atoms with E-state index in [1.807, 2.05) is 0 Å². The van der Waals surface area contributed by atoms with E-state index in [2.05, 4.69) is 26.0 Å². The summed E-state index contributed by atoms with van der Waals surface area (Å²) in [6.45, 7) is 3.10. The number of azide groups is 1. The lowest BCUT2D eigenvalue weighted by Gasteiger charge is -2.09. The molecule has 0 unspecified atom stereocenters. The van der Waals surface area contributed by atoms with Crippen LogP contribution in [0.4, 0.5) is 0 Å². The fraction of sp³-hybridized carbons (Fsp3) is 0.300. The van der Waals surface area contributed by atoms with Crippen LogP contribution in [0.5, 0.6) is 0 Å². The van der Waals surface area contributed by atoms with E-state index in [9.17, 15) is 13.2 Å². The Morgan fingerprint density at radius 1 is 1.44 bits per heavy atom. The lowest BCUT2D eigenvalue weighted by atomic mass is 10.2. The Balaban J connectivity index is 3.42. The first-order valence-electron chi connectivity index (χ1n) is 4.93. The van der Waals surface area contributed by atoms with Crippen molar-refractivity contribution in [2.45, 2.75) is 24.0 Å². The van der Waals surface area contributed by atoms with E-state index in [0.717, 1.165) is 0 Å². The molecule has 0 aromatic heterocycles. The minimum Gasteiger partial charge on any atom is -0.287 e. The number of carbonyl (C=O) groups excluding carboxylic acids is 1. The van der Waals surface area contributed by atoms with Gasteiger partial charge in [-0.2, -0.15) is 0 Å². The quantitative estimate of drug-likeness (QED) is 0.483. The third-order valence-electron chi connectivity index (χ3n) is 2.25. The largest absolute Gasteiger partial charge is 0.287 e. The van der Waals surface area contributed by atoms with Crippen LogP contribution in [0.3, 0.4) is 0 Å². The van der Waals surface area contributed by atoms with Crippen molar-refractivity contribution in [3.63, 3.8) is 0 Å². The van der Waals surface area contributed by atoms with Gasteiger partial charge in [-0.1, -0.05) is 15.9 Å². The van der Waals surface area contributed by atoms with Gasteiger partial charge in [-0.15, -0.1) is 0 Å². The van der Waals surface area contributed by atoms with E-state index >= 15 is 0 Å². The number of sulfone groups is 1. The summed E-state index contributed by atoms with van der Waals surface area (Å²) < 4.78 is 24.3. The van der Waals surface area contributed by atoms with Crippen LogP contribution in [-0.2, 0) is 9.84 Å². The Morgan fingerprint density at radius 2 is 2.06 bits per heavy atom. The SMILES string of the molecule is CC(C)S(=O)(=O)c1ccc(Br)c(C(=O)N=[N+]=[N-])c1. The maximum Gasteiger partial charge on any atom is 0.250 e. The fourth-order valence-electron chi connectivity index (χ4n) is 1.21. The molecule has 0 radical (unpaired) electrons. The van der Waals surface area contributed by atoms with E-state index < -0.39 is 21.0 Å². The Bertz CT molecular complexity index is 634. The summed E-state index contributed by atoms with van der Waals surface area (Å²) in [5.41, 5.74) is 8.23. The van der Waals surface area contributed by atoms with Crippen molar-refractivity contribution in [3.05, 3.63) is 38.7 Å². The van der Waals surface area contributed by atoms with Crippen molar-refractivity contribution in [3.8, 4) is 0 Å². The smallest absolute Gasteiger partial charge is 0.250 e. The van der Waals surface area contributed by atoms with Crippen LogP contribution < -0.4 is 0 Å². The summed E-state index contributed by atoms with van der Waals surface area (Å²) in [5, 5.41) is 2.34. The molecule has 6 nitrogen and oxygen atoms in total. The number of nitrogens with zero attached hydrogens (tertiary/aromatic N) is 3. The highest BCUT2D eigenvalue weighted by molar-refractivity contribution is 9.10. The van der Waals surface area contributed by atoms with Gasteiger partial charge in [0.15, 0.2) is 9.84 Å². The Hall–Kier alpha value is -1.37. The summed E-state index contributed by atoms with van der Waals surface area (Å²) in [6, 6.07) is 4.04. The molecule has 0 heterocycles. The minimum atomic E-state index is -3.47. The summed E-state index contributed by atoms with van der Waals surface area (Å²) >= 11 is 3.11. The molecule has 8 heteroatoms. The molecule has 1 aromatic rings. The summed E-state index contributed by atoms with van der Waals surface area (Å²) in [4.78, 5) is 13.9. The van der Waals surface area contributed by atoms with Crippen LogP contribution in [0.1, 0.15) is 24.2 Å². The van der Waals surface area contributed by atoms with Crippen LogP contribution in [0, 0.1) is 0 Å². The number of hydrogen-bond donors (Lipinski definition) is 0. The van der Waals surface area contributed by atoms with Gasteiger partial charge >= 0.3 is 0 Å². The Labute approximate surface area is 113 Å². The zero-order valence-electron chi connectivity index (χ0n) is 9.66. The summed E-state index contributed by atoms with van der Waals surface area (Å²) in [7, 11) is -3.47. The van der Waals surface area contributed by atoms with Gasteiger partial charge in [0, 0.05) is 14.9 Å². The Morgan fingerprint density at radius 3 is 2.56 bits per heavy atom. The average Bonchev–Trinajstić information content (AvgIpc) is 2.29. The van der Waals surface area contributed by atoms with Gasteiger partial charge in [-0.3, -0.25) is 4.79 Å². The molecular formula is C10H10BrN3O3S. The predicted molar refractivity (Wildman–Crippen MR) is 69.9 cm³/mol. The first-order chi connectivity index (χ1) is 8.30. The van der Waals surface area contributed by atoms with Crippen molar-refractivity contribution in [1.82, 2.24) is 0 Å². The average molecular weight is 332 g/mol. The molecule has 0 bridgehead atoms. The van der Waals surface area contributed by atoms with E-state index in [4.69, 9.17) is 5.53 Å². The molecule has 1 rings (SSSR count). The zero-order valence-corrected chi connectivity index (χ0v) is 12.1. The van der Waals surface area contributed by atoms with E-state index in [0.29, 0.717) is 4.47 Å². The van der Waals surface area contributed by atoms with Gasteiger partial charge in [0.05, 0.1) is 10.1 Å². The molecule has 18 heavy (non-hydrogen) atoms. The van der Waals surface area contributed by atoms with Gasteiger partial charge in [0.1, 0.15) is 0 Å². The maximum absolute atomic E-state index is 11.9.